The van der Waals surface area contributed by atoms with Gasteiger partial charge in [-0.15, -0.1) is 0 Å². The number of hydrogen-bond acceptors (Lipinski definition) is 5. The molecule has 1 aliphatic rings. The zero-order valence-corrected chi connectivity index (χ0v) is 13.7. The molecule has 3 rings (SSSR count). The molecule has 2 aromatic rings. The van der Waals surface area contributed by atoms with E-state index in [4.69, 9.17) is 4.42 Å². The summed E-state index contributed by atoms with van der Waals surface area (Å²) in [5.74, 6) is -0.672. The maximum atomic E-state index is 12.2. The summed E-state index contributed by atoms with van der Waals surface area (Å²) in [6.07, 6.45) is 0.379. The Kier molecular flexibility index (Phi) is 3.75. The quantitative estimate of drug-likeness (QED) is 0.893. The van der Waals surface area contributed by atoms with E-state index in [1.807, 2.05) is 19.9 Å². The smallest absolute Gasteiger partial charge is 0.287 e. The first-order valence-electron chi connectivity index (χ1n) is 7.31. The Morgan fingerprint density at radius 1 is 1.26 bits per heavy atom. The molecule has 0 bridgehead atoms. The number of amides is 1. The van der Waals surface area contributed by atoms with Crippen molar-refractivity contribution in [3.63, 3.8) is 0 Å². The van der Waals surface area contributed by atoms with Gasteiger partial charge in [0.1, 0.15) is 5.58 Å². The Balaban J connectivity index is 1.94. The van der Waals surface area contributed by atoms with Crippen LogP contribution in [0.25, 0.3) is 11.0 Å². The van der Waals surface area contributed by atoms with Crippen molar-refractivity contribution >= 4 is 26.7 Å². The van der Waals surface area contributed by atoms with Crippen LogP contribution in [0.4, 0.5) is 0 Å². The lowest BCUT2D eigenvalue weighted by atomic mass is 10.1. The summed E-state index contributed by atoms with van der Waals surface area (Å²) in [7, 11) is -3.08. The second kappa shape index (κ2) is 5.49. The Hall–Kier alpha value is -2.15. The molecular weight excluding hydrogens is 318 g/mol. The molecule has 0 radical (unpaired) electrons. The molecule has 1 amide bonds. The van der Waals surface area contributed by atoms with E-state index in [9.17, 15) is 18.0 Å². The second-order valence-corrected chi connectivity index (χ2v) is 8.23. The largest absolute Gasteiger partial charge is 0.451 e. The summed E-state index contributed by atoms with van der Waals surface area (Å²) in [5, 5.41) is 3.08. The van der Waals surface area contributed by atoms with E-state index in [2.05, 4.69) is 5.32 Å². The minimum Gasteiger partial charge on any atom is -0.451 e. The SMILES string of the molecule is Cc1cc(C)c2c(=O)cc(C(=O)N[C@@H]3CCS(=O)(=O)C3)oc2c1. The molecule has 1 aromatic heterocycles. The fourth-order valence-corrected chi connectivity index (χ4v) is 4.61. The van der Waals surface area contributed by atoms with Crippen LogP contribution in [-0.4, -0.2) is 31.9 Å². The van der Waals surface area contributed by atoms with Gasteiger partial charge in [-0.3, -0.25) is 9.59 Å². The molecule has 122 valence electrons. The highest BCUT2D eigenvalue weighted by molar-refractivity contribution is 7.91. The van der Waals surface area contributed by atoms with E-state index in [1.165, 1.54) is 0 Å². The minimum atomic E-state index is -3.08. The summed E-state index contributed by atoms with van der Waals surface area (Å²) in [6.45, 7) is 3.69. The number of aryl methyl sites for hydroxylation is 2. The lowest BCUT2D eigenvalue weighted by Crippen LogP contribution is -2.35. The van der Waals surface area contributed by atoms with Crippen LogP contribution in [0.3, 0.4) is 0 Å². The number of carbonyl (C=O) groups is 1. The summed E-state index contributed by atoms with van der Waals surface area (Å²) in [6, 6.07) is 4.31. The molecule has 0 aliphatic carbocycles. The van der Waals surface area contributed by atoms with Gasteiger partial charge in [-0.25, -0.2) is 8.42 Å². The maximum Gasteiger partial charge on any atom is 0.287 e. The predicted octanol–water partition coefficient (Wildman–Crippen LogP) is 1.33. The first-order valence-corrected chi connectivity index (χ1v) is 9.14. The average Bonchev–Trinajstić information content (AvgIpc) is 2.76. The Morgan fingerprint density at radius 3 is 2.65 bits per heavy atom. The van der Waals surface area contributed by atoms with E-state index >= 15 is 0 Å². The van der Waals surface area contributed by atoms with Crippen LogP contribution < -0.4 is 10.7 Å². The number of carbonyl (C=O) groups excluding carboxylic acids is 1. The predicted molar refractivity (Wildman–Crippen MR) is 86.5 cm³/mol. The van der Waals surface area contributed by atoms with Crippen LogP contribution in [-0.2, 0) is 9.84 Å². The highest BCUT2D eigenvalue weighted by atomic mass is 32.2. The number of hydrogen-bond donors (Lipinski definition) is 1. The lowest BCUT2D eigenvalue weighted by molar-refractivity contribution is 0.0913. The van der Waals surface area contributed by atoms with E-state index in [-0.39, 0.29) is 22.7 Å². The molecule has 6 nitrogen and oxygen atoms in total. The molecule has 1 aromatic carbocycles. The number of nitrogens with one attached hydrogen (secondary N) is 1. The zero-order valence-electron chi connectivity index (χ0n) is 12.9. The molecule has 2 heterocycles. The van der Waals surface area contributed by atoms with Gasteiger partial charge in [0.05, 0.1) is 16.9 Å². The van der Waals surface area contributed by atoms with E-state index < -0.39 is 21.8 Å². The van der Waals surface area contributed by atoms with Gasteiger partial charge in [0, 0.05) is 12.1 Å². The summed E-state index contributed by atoms with van der Waals surface area (Å²) in [5.41, 5.74) is 1.80. The van der Waals surface area contributed by atoms with Gasteiger partial charge in [0.15, 0.2) is 21.0 Å². The fraction of sp³-hybridized carbons (Fsp3) is 0.375. The monoisotopic (exact) mass is 335 g/mol. The maximum absolute atomic E-state index is 12.2. The first-order chi connectivity index (χ1) is 10.7. The van der Waals surface area contributed by atoms with Crippen molar-refractivity contribution in [2.75, 3.05) is 11.5 Å². The number of fused-ring (bicyclic) bond motifs is 1. The van der Waals surface area contributed by atoms with Crippen molar-refractivity contribution in [2.45, 2.75) is 26.3 Å². The van der Waals surface area contributed by atoms with Crippen LogP contribution in [0.1, 0.15) is 28.1 Å². The minimum absolute atomic E-state index is 0.0675. The van der Waals surface area contributed by atoms with E-state index in [0.717, 1.165) is 17.2 Å². The topological polar surface area (TPSA) is 93.5 Å². The van der Waals surface area contributed by atoms with Gasteiger partial charge < -0.3 is 9.73 Å². The Labute approximate surface area is 133 Å². The van der Waals surface area contributed by atoms with Gasteiger partial charge >= 0.3 is 0 Å². The van der Waals surface area contributed by atoms with Crippen LogP contribution in [0.15, 0.2) is 27.4 Å². The van der Waals surface area contributed by atoms with Crippen molar-refractivity contribution in [3.8, 4) is 0 Å². The van der Waals surface area contributed by atoms with Gasteiger partial charge in [-0.05, 0) is 37.5 Å². The van der Waals surface area contributed by atoms with Crippen molar-refractivity contribution in [2.24, 2.45) is 0 Å². The molecule has 0 unspecified atom stereocenters. The van der Waals surface area contributed by atoms with Crippen molar-refractivity contribution in [3.05, 3.63) is 45.3 Å². The first kappa shape index (κ1) is 15.7. The van der Waals surface area contributed by atoms with Crippen molar-refractivity contribution in [1.82, 2.24) is 5.32 Å². The summed E-state index contributed by atoms with van der Waals surface area (Å²) in [4.78, 5) is 24.5. The van der Waals surface area contributed by atoms with Crippen LogP contribution in [0.5, 0.6) is 0 Å². The molecule has 1 atom stereocenters. The third kappa shape index (κ3) is 3.14. The van der Waals surface area contributed by atoms with Crippen LogP contribution >= 0.6 is 0 Å². The zero-order chi connectivity index (χ0) is 16.8. The number of benzene rings is 1. The molecule has 0 spiro atoms. The fourth-order valence-electron chi connectivity index (χ4n) is 2.94. The van der Waals surface area contributed by atoms with Gasteiger partial charge in [0.2, 0.25) is 0 Å². The summed E-state index contributed by atoms with van der Waals surface area (Å²) >= 11 is 0. The lowest BCUT2D eigenvalue weighted by Gasteiger charge is -2.11. The third-order valence-corrected chi connectivity index (χ3v) is 5.73. The number of rotatable bonds is 2. The third-order valence-electron chi connectivity index (χ3n) is 3.96. The number of sulfone groups is 1. The van der Waals surface area contributed by atoms with E-state index in [1.54, 1.807) is 6.07 Å². The van der Waals surface area contributed by atoms with Gasteiger partial charge in [-0.1, -0.05) is 6.07 Å². The average molecular weight is 335 g/mol. The Morgan fingerprint density at radius 2 is 2.00 bits per heavy atom. The second-order valence-electron chi connectivity index (χ2n) is 6.00. The standard InChI is InChI=1S/C16H17NO5S/c1-9-5-10(2)15-12(18)7-14(22-13(15)6-9)16(19)17-11-3-4-23(20,21)8-11/h5-7,11H,3-4,8H2,1-2H3,(H,17,19)/t11-/m1/s1. The van der Waals surface area contributed by atoms with Crippen molar-refractivity contribution in [1.29, 1.82) is 0 Å². The van der Waals surface area contributed by atoms with Crippen molar-refractivity contribution < 1.29 is 17.6 Å². The van der Waals surface area contributed by atoms with Gasteiger partial charge in [0.25, 0.3) is 5.91 Å². The Bertz CT molecular complexity index is 958. The molecular formula is C16H17NO5S. The molecule has 1 aliphatic heterocycles. The molecule has 1 N–H and O–H groups in total. The summed E-state index contributed by atoms with van der Waals surface area (Å²) < 4.78 is 28.4. The van der Waals surface area contributed by atoms with Crippen LogP contribution in [0, 0.1) is 13.8 Å². The normalized spacial score (nSPS) is 19.8. The molecule has 1 saturated heterocycles. The highest BCUT2D eigenvalue weighted by Crippen LogP contribution is 2.19. The molecule has 1 fully saturated rings. The van der Waals surface area contributed by atoms with Gasteiger partial charge in [-0.2, -0.15) is 0 Å². The van der Waals surface area contributed by atoms with Crippen LogP contribution in [0.2, 0.25) is 0 Å². The highest BCUT2D eigenvalue weighted by Gasteiger charge is 2.29. The molecule has 23 heavy (non-hydrogen) atoms. The van der Waals surface area contributed by atoms with E-state index in [0.29, 0.717) is 17.4 Å². The molecule has 0 saturated carbocycles. The molecule has 7 heteroatoms.